The predicted molar refractivity (Wildman–Crippen MR) is 236 cm³/mol. The number of fused-ring (bicyclic) bond motifs is 6. The summed E-state index contributed by atoms with van der Waals surface area (Å²) in [5, 5.41) is 9.96. The van der Waals surface area contributed by atoms with E-state index in [2.05, 4.69) is 229 Å². The maximum atomic E-state index is 2.42. The van der Waals surface area contributed by atoms with Crippen LogP contribution in [0.5, 0.6) is 0 Å². The van der Waals surface area contributed by atoms with E-state index in [1.165, 1.54) is 71.2 Å². The number of hydrogen-bond acceptors (Lipinski definition) is 2. The molecular formula is C53H38N2. The summed E-state index contributed by atoms with van der Waals surface area (Å²) in [7, 11) is 0. The summed E-state index contributed by atoms with van der Waals surface area (Å²) in [5.74, 6) is 0. The lowest BCUT2D eigenvalue weighted by molar-refractivity contribution is 1.26. The van der Waals surface area contributed by atoms with Crippen LogP contribution in [0.1, 0.15) is 5.56 Å². The molecule has 0 atom stereocenters. The molecule has 0 spiro atoms. The van der Waals surface area contributed by atoms with Crippen LogP contribution in [0.2, 0.25) is 0 Å². The molecule has 0 heterocycles. The minimum Gasteiger partial charge on any atom is -0.310 e. The first-order chi connectivity index (χ1) is 27.2. The van der Waals surface area contributed by atoms with Crippen LogP contribution in [0, 0.1) is 6.92 Å². The molecule has 0 aromatic heterocycles. The number of aryl methyl sites for hydroxylation is 1. The van der Waals surface area contributed by atoms with Gasteiger partial charge in [-0.05, 0) is 111 Å². The Balaban J connectivity index is 1.06. The summed E-state index contributed by atoms with van der Waals surface area (Å²) in [6.07, 6.45) is 0. The lowest BCUT2D eigenvalue weighted by atomic mass is 9.98. The number of hydrogen-bond donors (Lipinski definition) is 0. The van der Waals surface area contributed by atoms with E-state index in [9.17, 15) is 0 Å². The van der Waals surface area contributed by atoms with Gasteiger partial charge >= 0.3 is 0 Å². The second kappa shape index (κ2) is 13.7. The molecular weight excluding hydrogens is 665 g/mol. The minimum absolute atomic E-state index is 1.11. The Labute approximate surface area is 321 Å². The number of nitrogens with zero attached hydrogens (tertiary/aromatic N) is 2. The molecule has 10 aromatic rings. The van der Waals surface area contributed by atoms with E-state index in [1.54, 1.807) is 0 Å². The second-order valence-electron chi connectivity index (χ2n) is 14.2. The first kappa shape index (κ1) is 32.5. The van der Waals surface area contributed by atoms with Gasteiger partial charge in [0.15, 0.2) is 0 Å². The Morgan fingerprint density at radius 1 is 0.273 bits per heavy atom. The van der Waals surface area contributed by atoms with Gasteiger partial charge in [-0.1, -0.05) is 158 Å². The molecule has 0 fully saturated rings. The zero-order chi connectivity index (χ0) is 36.7. The fourth-order valence-corrected chi connectivity index (χ4v) is 8.27. The monoisotopic (exact) mass is 702 g/mol. The largest absolute Gasteiger partial charge is 0.310 e. The average molecular weight is 703 g/mol. The van der Waals surface area contributed by atoms with Crippen molar-refractivity contribution in [1.29, 1.82) is 0 Å². The summed E-state index contributed by atoms with van der Waals surface area (Å²) in [6, 6.07) is 77.0. The smallest absolute Gasteiger partial charge is 0.0546 e. The number of anilines is 6. The fraction of sp³-hybridized carbons (Fsp3) is 0.0189. The molecule has 0 amide bonds. The zero-order valence-corrected chi connectivity index (χ0v) is 30.6. The maximum Gasteiger partial charge on any atom is 0.0546 e. The Hall–Kier alpha value is -7.16. The molecule has 0 saturated carbocycles. The highest BCUT2D eigenvalue weighted by Gasteiger charge is 2.20. The van der Waals surface area contributed by atoms with E-state index < -0.39 is 0 Å². The third-order valence-corrected chi connectivity index (χ3v) is 10.9. The molecule has 2 nitrogen and oxygen atoms in total. The SMILES string of the molecule is Cc1ccccc1N(c1ccc(-c2ccc(N(c3ccccc3)c3cc4ccccc4c4ccccc34)cc2)cc1)c1cc2ccccc2c2ccccc12. The van der Waals surface area contributed by atoms with Crippen molar-refractivity contribution in [1.82, 2.24) is 0 Å². The van der Waals surface area contributed by atoms with E-state index in [-0.39, 0.29) is 0 Å². The van der Waals surface area contributed by atoms with Gasteiger partial charge in [-0.25, -0.2) is 0 Å². The molecule has 10 aromatic carbocycles. The lowest BCUT2D eigenvalue weighted by Gasteiger charge is -2.29. The average Bonchev–Trinajstić information content (AvgIpc) is 3.25. The van der Waals surface area contributed by atoms with Crippen LogP contribution in [-0.2, 0) is 0 Å². The molecule has 55 heavy (non-hydrogen) atoms. The molecule has 0 radical (unpaired) electrons. The summed E-state index contributed by atoms with van der Waals surface area (Å²) in [4.78, 5) is 4.80. The summed E-state index contributed by atoms with van der Waals surface area (Å²) in [6.45, 7) is 2.20. The van der Waals surface area contributed by atoms with Crippen LogP contribution in [0.15, 0.2) is 212 Å². The lowest BCUT2D eigenvalue weighted by Crippen LogP contribution is -2.12. The van der Waals surface area contributed by atoms with Crippen molar-refractivity contribution in [2.45, 2.75) is 6.92 Å². The van der Waals surface area contributed by atoms with Crippen LogP contribution in [-0.4, -0.2) is 0 Å². The molecule has 0 aliphatic rings. The number of para-hydroxylation sites is 2. The Morgan fingerprint density at radius 2 is 0.655 bits per heavy atom. The van der Waals surface area contributed by atoms with E-state index in [4.69, 9.17) is 0 Å². The van der Waals surface area contributed by atoms with Gasteiger partial charge < -0.3 is 9.80 Å². The van der Waals surface area contributed by atoms with Crippen LogP contribution in [0.25, 0.3) is 54.2 Å². The number of rotatable bonds is 7. The van der Waals surface area contributed by atoms with Crippen LogP contribution in [0.4, 0.5) is 34.1 Å². The molecule has 260 valence electrons. The molecule has 0 unspecified atom stereocenters. The van der Waals surface area contributed by atoms with E-state index in [0.29, 0.717) is 0 Å². The quantitative estimate of drug-likeness (QED) is 0.153. The molecule has 0 bridgehead atoms. The van der Waals surface area contributed by atoms with E-state index >= 15 is 0 Å². The van der Waals surface area contributed by atoms with Crippen LogP contribution >= 0.6 is 0 Å². The standard InChI is InChI=1S/C53H38N2/c1-37-15-5-14-26-51(37)55(53-36-41-17-7-9-21-46(41)48-23-11-13-25-50(48)53)44-33-29-39(30-34-44)38-27-31-43(32-28-38)54(42-18-3-2-4-19-42)52-35-40-16-6-8-20-45(40)47-22-10-12-24-49(47)52/h2-36H,1H3. The summed E-state index contributed by atoms with van der Waals surface area (Å²) in [5.41, 5.74) is 10.4. The van der Waals surface area contributed by atoms with Gasteiger partial charge in [0, 0.05) is 33.5 Å². The van der Waals surface area contributed by atoms with Crippen LogP contribution < -0.4 is 9.80 Å². The predicted octanol–water partition coefficient (Wildman–Crippen LogP) is 15.2. The first-order valence-corrected chi connectivity index (χ1v) is 18.9. The minimum atomic E-state index is 1.11. The first-order valence-electron chi connectivity index (χ1n) is 18.9. The highest BCUT2D eigenvalue weighted by molar-refractivity contribution is 6.16. The highest BCUT2D eigenvalue weighted by atomic mass is 15.1. The van der Waals surface area contributed by atoms with Crippen molar-refractivity contribution in [3.63, 3.8) is 0 Å². The van der Waals surface area contributed by atoms with Gasteiger partial charge in [-0.2, -0.15) is 0 Å². The molecule has 0 saturated heterocycles. The Morgan fingerprint density at radius 3 is 1.18 bits per heavy atom. The molecule has 0 aliphatic heterocycles. The topological polar surface area (TPSA) is 6.48 Å². The number of benzene rings is 10. The van der Waals surface area contributed by atoms with E-state index in [1.807, 2.05) is 0 Å². The Bertz CT molecular complexity index is 2980. The van der Waals surface area contributed by atoms with Gasteiger partial charge in [0.05, 0.1) is 11.4 Å². The van der Waals surface area contributed by atoms with Crippen molar-refractivity contribution < 1.29 is 0 Å². The highest BCUT2D eigenvalue weighted by Crippen LogP contribution is 2.45. The third kappa shape index (κ3) is 5.76. The van der Waals surface area contributed by atoms with Crippen molar-refractivity contribution in [2.24, 2.45) is 0 Å². The molecule has 0 N–H and O–H groups in total. The molecule has 0 aliphatic carbocycles. The van der Waals surface area contributed by atoms with Crippen molar-refractivity contribution in [3.8, 4) is 11.1 Å². The third-order valence-electron chi connectivity index (χ3n) is 10.9. The summed E-state index contributed by atoms with van der Waals surface area (Å²) < 4.78 is 0. The van der Waals surface area contributed by atoms with E-state index in [0.717, 1.165) is 22.7 Å². The molecule has 2 heteroatoms. The van der Waals surface area contributed by atoms with Gasteiger partial charge in [-0.3, -0.25) is 0 Å². The zero-order valence-electron chi connectivity index (χ0n) is 30.6. The maximum absolute atomic E-state index is 2.42. The van der Waals surface area contributed by atoms with Gasteiger partial charge in [0.1, 0.15) is 0 Å². The van der Waals surface area contributed by atoms with Crippen molar-refractivity contribution in [2.75, 3.05) is 9.80 Å². The fourth-order valence-electron chi connectivity index (χ4n) is 8.27. The Kier molecular flexibility index (Phi) is 8.08. The summed E-state index contributed by atoms with van der Waals surface area (Å²) >= 11 is 0. The van der Waals surface area contributed by atoms with Gasteiger partial charge in [0.2, 0.25) is 0 Å². The molecule has 10 rings (SSSR count). The van der Waals surface area contributed by atoms with Crippen LogP contribution in [0.3, 0.4) is 0 Å². The second-order valence-corrected chi connectivity index (χ2v) is 14.2. The van der Waals surface area contributed by atoms with Gasteiger partial charge in [-0.15, -0.1) is 0 Å². The van der Waals surface area contributed by atoms with Crippen molar-refractivity contribution in [3.05, 3.63) is 218 Å². The van der Waals surface area contributed by atoms with Gasteiger partial charge in [0.25, 0.3) is 0 Å². The van der Waals surface area contributed by atoms with Crippen molar-refractivity contribution >= 4 is 77.2 Å². The normalized spacial score (nSPS) is 11.4.